The predicted molar refractivity (Wildman–Crippen MR) is 111 cm³/mol. The van der Waals surface area contributed by atoms with E-state index in [1.165, 1.54) is 24.1 Å². The average Bonchev–Trinajstić information content (AvgIpc) is 3.08. The van der Waals surface area contributed by atoms with E-state index >= 15 is 0 Å². The molecule has 4 aromatic rings. The third-order valence-electron chi connectivity index (χ3n) is 5.46. The summed E-state index contributed by atoms with van der Waals surface area (Å²) in [5, 5.41) is 8.53. The van der Waals surface area contributed by atoms with Crippen molar-refractivity contribution in [2.75, 3.05) is 5.32 Å². The van der Waals surface area contributed by atoms with Crippen LogP contribution < -0.4 is 5.32 Å². The number of hydrogen-bond acceptors (Lipinski definition) is 4. The Hall–Kier alpha value is -3.21. The molecule has 0 bridgehead atoms. The van der Waals surface area contributed by atoms with Crippen LogP contribution in [0.4, 0.5) is 5.82 Å². The van der Waals surface area contributed by atoms with Gasteiger partial charge in [-0.05, 0) is 49.8 Å². The van der Waals surface area contributed by atoms with Gasteiger partial charge in [0.15, 0.2) is 5.65 Å². The second kappa shape index (κ2) is 7.08. The van der Waals surface area contributed by atoms with Crippen LogP contribution in [-0.2, 0) is 19.4 Å². The van der Waals surface area contributed by atoms with Crippen molar-refractivity contribution in [3.63, 3.8) is 0 Å². The third kappa shape index (κ3) is 2.93. The molecule has 28 heavy (non-hydrogen) atoms. The molecule has 0 unspecified atom stereocenters. The number of hydrogen-bond donors (Lipinski definition) is 1. The molecular formula is C23H23N5. The summed E-state index contributed by atoms with van der Waals surface area (Å²) in [5.74, 6) is 1.08. The number of nitrogens with one attached hydrogen (secondary N) is 1. The molecule has 1 aromatic carbocycles. The quantitative estimate of drug-likeness (QED) is 0.572. The molecule has 0 aliphatic heterocycles. The fraction of sp³-hybridized carbons (Fsp3) is 0.261. The van der Waals surface area contributed by atoms with E-state index in [1.54, 1.807) is 6.20 Å². The van der Waals surface area contributed by atoms with E-state index in [1.807, 2.05) is 22.8 Å². The lowest BCUT2D eigenvalue weighted by molar-refractivity contribution is 0.661. The first-order valence-corrected chi connectivity index (χ1v) is 9.90. The summed E-state index contributed by atoms with van der Waals surface area (Å²) in [4.78, 5) is 9.31. The molecule has 5 nitrogen and oxygen atoms in total. The molecule has 0 saturated carbocycles. The van der Waals surface area contributed by atoms with E-state index in [-0.39, 0.29) is 0 Å². The van der Waals surface area contributed by atoms with E-state index in [0.29, 0.717) is 0 Å². The lowest BCUT2D eigenvalue weighted by Gasteiger charge is -2.20. The first kappa shape index (κ1) is 16.9. The normalized spacial score (nSPS) is 13.5. The van der Waals surface area contributed by atoms with Crippen molar-refractivity contribution in [3.8, 4) is 11.1 Å². The lowest BCUT2D eigenvalue weighted by atomic mass is 9.96. The van der Waals surface area contributed by atoms with Crippen LogP contribution in [0.5, 0.6) is 0 Å². The van der Waals surface area contributed by atoms with Gasteiger partial charge in [-0.25, -0.2) is 4.98 Å². The minimum Gasteiger partial charge on any atom is -0.366 e. The Morgan fingerprint density at radius 1 is 1.04 bits per heavy atom. The highest BCUT2D eigenvalue weighted by Gasteiger charge is 2.22. The van der Waals surface area contributed by atoms with E-state index in [4.69, 9.17) is 10.1 Å². The zero-order chi connectivity index (χ0) is 18.9. The van der Waals surface area contributed by atoms with E-state index in [2.05, 4.69) is 47.6 Å². The maximum Gasteiger partial charge on any atom is 0.165 e. The molecule has 5 rings (SSSR count). The van der Waals surface area contributed by atoms with Crippen molar-refractivity contribution in [3.05, 3.63) is 77.4 Å². The molecule has 5 heteroatoms. The van der Waals surface area contributed by atoms with Crippen LogP contribution in [0.2, 0.25) is 0 Å². The average molecular weight is 369 g/mol. The molecule has 1 N–H and O–H groups in total. The summed E-state index contributed by atoms with van der Waals surface area (Å²) in [6, 6.07) is 14.5. The molecule has 0 fully saturated rings. The van der Waals surface area contributed by atoms with Gasteiger partial charge in [0.05, 0.1) is 5.69 Å². The zero-order valence-electron chi connectivity index (χ0n) is 16.0. The van der Waals surface area contributed by atoms with Gasteiger partial charge in [0, 0.05) is 35.8 Å². The fourth-order valence-electron chi connectivity index (χ4n) is 4.11. The first-order valence-electron chi connectivity index (χ1n) is 9.90. The molecule has 0 spiro atoms. The number of rotatable bonds is 4. The van der Waals surface area contributed by atoms with Gasteiger partial charge >= 0.3 is 0 Å². The highest BCUT2D eigenvalue weighted by Crippen LogP contribution is 2.33. The number of anilines is 1. The van der Waals surface area contributed by atoms with Crippen molar-refractivity contribution in [2.45, 2.75) is 39.2 Å². The largest absolute Gasteiger partial charge is 0.366 e. The van der Waals surface area contributed by atoms with Crippen molar-refractivity contribution in [1.29, 1.82) is 0 Å². The lowest BCUT2D eigenvalue weighted by Crippen LogP contribution is -2.15. The highest BCUT2D eigenvalue weighted by molar-refractivity contribution is 5.81. The zero-order valence-corrected chi connectivity index (χ0v) is 16.0. The molecule has 0 amide bonds. The molecule has 1 aliphatic rings. The van der Waals surface area contributed by atoms with E-state index in [0.717, 1.165) is 53.2 Å². The fourth-order valence-corrected chi connectivity index (χ4v) is 4.11. The van der Waals surface area contributed by atoms with Crippen LogP contribution in [-0.4, -0.2) is 19.6 Å². The van der Waals surface area contributed by atoms with Crippen molar-refractivity contribution in [1.82, 2.24) is 19.6 Å². The van der Waals surface area contributed by atoms with Crippen LogP contribution >= 0.6 is 0 Å². The summed E-state index contributed by atoms with van der Waals surface area (Å²) in [7, 11) is 0. The topological polar surface area (TPSA) is 55.1 Å². The Morgan fingerprint density at radius 3 is 2.71 bits per heavy atom. The minimum absolute atomic E-state index is 0.721. The molecule has 0 saturated heterocycles. The molecule has 3 heterocycles. The van der Waals surface area contributed by atoms with Crippen LogP contribution in [0.1, 0.15) is 35.4 Å². The van der Waals surface area contributed by atoms with Gasteiger partial charge in [0.2, 0.25) is 0 Å². The summed E-state index contributed by atoms with van der Waals surface area (Å²) in [5.41, 5.74) is 7.91. The summed E-state index contributed by atoms with van der Waals surface area (Å²) < 4.78 is 2.01. The molecule has 0 atom stereocenters. The maximum absolute atomic E-state index is 5.08. The number of aromatic nitrogens is 4. The molecule has 1 aliphatic carbocycles. The third-order valence-corrected chi connectivity index (χ3v) is 5.46. The van der Waals surface area contributed by atoms with Gasteiger partial charge in [-0.2, -0.15) is 9.61 Å². The van der Waals surface area contributed by atoms with Gasteiger partial charge in [0.25, 0.3) is 0 Å². The number of aryl methyl sites for hydroxylation is 2. The number of benzene rings is 1. The Morgan fingerprint density at radius 2 is 1.89 bits per heavy atom. The SMILES string of the molecule is Cc1nn2c(NCc3cccnc3)c3c(nc2c1-c1ccccc1)CCCC3. The second-order valence-electron chi connectivity index (χ2n) is 7.37. The van der Waals surface area contributed by atoms with Crippen molar-refractivity contribution >= 4 is 11.5 Å². The second-order valence-corrected chi connectivity index (χ2v) is 7.37. The summed E-state index contributed by atoms with van der Waals surface area (Å²) in [6.07, 6.45) is 8.19. The van der Waals surface area contributed by atoms with Gasteiger partial charge in [-0.3, -0.25) is 4.98 Å². The van der Waals surface area contributed by atoms with Crippen molar-refractivity contribution in [2.24, 2.45) is 0 Å². The number of nitrogens with zero attached hydrogens (tertiary/aromatic N) is 4. The molecule has 0 radical (unpaired) electrons. The smallest absolute Gasteiger partial charge is 0.165 e. The minimum atomic E-state index is 0.721. The van der Waals surface area contributed by atoms with Crippen LogP contribution in [0, 0.1) is 6.92 Å². The van der Waals surface area contributed by atoms with Crippen LogP contribution in [0.3, 0.4) is 0 Å². The molecule has 3 aromatic heterocycles. The Labute approximate surface area is 164 Å². The number of fused-ring (bicyclic) bond motifs is 2. The van der Waals surface area contributed by atoms with Crippen LogP contribution in [0.15, 0.2) is 54.9 Å². The molecular weight excluding hydrogens is 346 g/mol. The predicted octanol–water partition coefficient (Wildman–Crippen LogP) is 4.59. The van der Waals surface area contributed by atoms with Gasteiger partial charge in [-0.1, -0.05) is 36.4 Å². The van der Waals surface area contributed by atoms with Gasteiger partial charge < -0.3 is 5.32 Å². The Bertz CT molecular complexity index is 1120. The van der Waals surface area contributed by atoms with E-state index in [9.17, 15) is 0 Å². The number of pyridine rings is 1. The van der Waals surface area contributed by atoms with Crippen LogP contribution in [0.25, 0.3) is 16.8 Å². The summed E-state index contributed by atoms with van der Waals surface area (Å²) >= 11 is 0. The molecule has 140 valence electrons. The monoisotopic (exact) mass is 369 g/mol. The summed E-state index contributed by atoms with van der Waals surface area (Å²) in [6.45, 7) is 2.79. The van der Waals surface area contributed by atoms with Crippen molar-refractivity contribution < 1.29 is 0 Å². The Balaban J connectivity index is 1.67. The van der Waals surface area contributed by atoms with Gasteiger partial charge in [0.1, 0.15) is 5.82 Å². The maximum atomic E-state index is 5.08. The first-order chi connectivity index (χ1) is 13.8. The van der Waals surface area contributed by atoms with E-state index < -0.39 is 0 Å². The Kier molecular flexibility index (Phi) is 4.28. The van der Waals surface area contributed by atoms with Gasteiger partial charge in [-0.15, -0.1) is 0 Å². The highest BCUT2D eigenvalue weighted by atomic mass is 15.3. The standard InChI is InChI=1S/C23H23N5/c1-16-21(18-9-3-2-4-10-18)23-26-20-12-6-5-11-19(20)22(28(23)27-16)25-15-17-8-7-13-24-14-17/h2-4,7-10,13-14,25H,5-6,11-12,15H2,1H3.